The van der Waals surface area contributed by atoms with Gasteiger partial charge in [0, 0.05) is 10.8 Å². The van der Waals surface area contributed by atoms with Crippen LogP contribution in [0.2, 0.25) is 0 Å². The molecule has 6 aromatic rings. The third kappa shape index (κ3) is 18.0. The number of rotatable bonds is 10. The normalized spacial score (nSPS) is 11.2. The smallest absolute Gasteiger partial charge is 0.872 e. The molecule has 0 aliphatic rings. The molecule has 0 saturated carbocycles. The molecule has 71 heavy (non-hydrogen) atoms. The number of nitrogen functional groups attached to an aromatic ring is 1. The maximum absolute atomic E-state index is 12.4. The van der Waals surface area contributed by atoms with E-state index in [0.717, 1.165) is 24.3 Å². The minimum absolute atomic E-state index is 0. The molecule has 0 bridgehead atoms. The number of aromatic carboxylic acids is 2. The van der Waals surface area contributed by atoms with Gasteiger partial charge in [-0.3, -0.25) is 9.11 Å². The van der Waals surface area contributed by atoms with Crippen LogP contribution in [0, 0.1) is 0 Å². The fourth-order valence-electron chi connectivity index (χ4n) is 5.42. The average Bonchev–Trinajstić information content (AvgIpc) is 3.16. The Bertz CT molecular complexity index is 3330. The van der Waals surface area contributed by atoms with Gasteiger partial charge in [-0.1, -0.05) is 47.3 Å². The van der Waals surface area contributed by atoms with Crippen LogP contribution in [0.15, 0.2) is 113 Å². The Balaban J connectivity index is -0.00000119. The number of fused-ring (bicyclic) bond motifs is 2. The van der Waals surface area contributed by atoms with Crippen molar-refractivity contribution in [1.29, 1.82) is 0 Å². The van der Waals surface area contributed by atoms with Crippen molar-refractivity contribution in [2.24, 2.45) is 20.5 Å². The Morgan fingerprint density at radius 1 is 0.535 bits per heavy atom. The van der Waals surface area contributed by atoms with Crippen LogP contribution in [0.3, 0.4) is 0 Å². The number of benzene rings is 6. The Morgan fingerprint density at radius 2 is 0.901 bits per heavy atom. The molecule has 0 fully saturated rings. The van der Waals surface area contributed by atoms with Gasteiger partial charge in [0.1, 0.15) is 25.9 Å². The van der Waals surface area contributed by atoms with Crippen LogP contribution >= 0.6 is 0 Å². The molecule has 344 valence electrons. The Hall–Kier alpha value is -1.09. The van der Waals surface area contributed by atoms with Gasteiger partial charge in [-0.25, -0.2) is 21.6 Å². The van der Waals surface area contributed by atoms with E-state index in [1.165, 1.54) is 12.1 Å². The number of nitrogens with two attached hydrogens (primary N) is 1. The summed E-state index contributed by atoms with van der Waals surface area (Å²) in [6, 6.07) is 9.41. The van der Waals surface area contributed by atoms with Crippen LogP contribution in [-0.4, -0.2) is 68.9 Å². The Kier molecular flexibility index (Phi) is 30.2. The van der Waals surface area contributed by atoms with Gasteiger partial charge in [0.2, 0.25) is 0 Å². The number of azo groups is 2. The van der Waals surface area contributed by atoms with Crippen LogP contribution < -0.4 is 209 Å². The zero-order valence-corrected chi connectivity index (χ0v) is 53.3. The number of hydrogen-bond acceptors (Lipinski definition) is 22. The van der Waals surface area contributed by atoms with Gasteiger partial charge in [0.05, 0.1) is 53.9 Å². The maximum Gasteiger partial charge on any atom is 2.00 e. The van der Waals surface area contributed by atoms with Gasteiger partial charge in [0.25, 0.3) is 20.2 Å². The minimum atomic E-state index is -5.20. The molecule has 0 aromatic heterocycles. The zero-order chi connectivity index (χ0) is 48.0. The molecule has 26 nitrogen and oxygen atoms in total. The van der Waals surface area contributed by atoms with Crippen molar-refractivity contribution >= 4 is 108 Å². The summed E-state index contributed by atoms with van der Waals surface area (Å²) in [7, 11) is -19.8. The first-order valence-corrected chi connectivity index (χ1v) is 22.0. The standard InChI is InChI=1S/2C17H13N3O10S2.6Na.Ni/c2*18-11-2-1-7-3-8(31(25,26)27)6-13(21)14(7)15(11)20-19-12-5-9(32(28,29)30)4-10(16(12)22)17(23)24;;;;;;;/h1-6H,(H7,18,19,20,21,22,23,24,25,26,27,28,29,30);1-6,21-22H,18H2,(H,23,24)(H,25,26,27)(H,28,29,30);;;;;;;/q;;6*+1;+2/p-8. The average molecular weight is 1160 g/mol. The summed E-state index contributed by atoms with van der Waals surface area (Å²) in [6.07, 6.45) is 0. The number of carbonyl (C=O) groups excluding carboxylic acids is 1. The van der Waals surface area contributed by atoms with Crippen molar-refractivity contribution in [2.45, 2.75) is 19.6 Å². The summed E-state index contributed by atoms with van der Waals surface area (Å²) >= 11 is 0. The quantitative estimate of drug-likeness (QED) is 0.0428. The Labute approximate surface area is 543 Å². The summed E-state index contributed by atoms with van der Waals surface area (Å²) in [6.45, 7) is 0. The molecule has 6 aromatic carbocycles. The van der Waals surface area contributed by atoms with Crippen LogP contribution in [-0.2, 0) is 57.0 Å². The molecule has 0 spiro atoms. The number of carboxylic acids is 2. The molecular weight excluding hydrogens is 1140 g/mol. The molecule has 0 aliphatic carbocycles. The first kappa shape index (κ1) is 74.2. The van der Waals surface area contributed by atoms with Crippen molar-refractivity contribution in [2.75, 3.05) is 5.73 Å². The molecule has 0 atom stereocenters. The van der Waals surface area contributed by atoms with Gasteiger partial charge in [0.15, 0.2) is 0 Å². The van der Waals surface area contributed by atoms with E-state index in [0.29, 0.717) is 36.4 Å². The molecule has 0 heterocycles. The predicted molar refractivity (Wildman–Crippen MR) is 202 cm³/mol. The van der Waals surface area contributed by atoms with E-state index in [2.05, 4.69) is 20.5 Å². The second-order valence-electron chi connectivity index (χ2n) is 12.5. The summed E-state index contributed by atoms with van der Waals surface area (Å²) in [5.74, 6) is -8.40. The van der Waals surface area contributed by atoms with Crippen molar-refractivity contribution in [1.82, 2.24) is 0 Å². The van der Waals surface area contributed by atoms with Gasteiger partial charge < -0.3 is 56.0 Å². The van der Waals surface area contributed by atoms with Gasteiger partial charge >= 0.3 is 200 Å². The zero-order valence-electron chi connectivity index (χ0n) is 37.0. The van der Waals surface area contributed by atoms with E-state index < -0.39 is 129 Å². The van der Waals surface area contributed by atoms with Crippen LogP contribution in [0.4, 0.5) is 34.1 Å². The van der Waals surface area contributed by atoms with Crippen molar-refractivity contribution in [3.05, 3.63) is 89.7 Å². The molecule has 37 heteroatoms. The van der Waals surface area contributed by atoms with E-state index in [1.54, 1.807) is 0 Å². The van der Waals surface area contributed by atoms with E-state index in [-0.39, 0.29) is 227 Å². The summed E-state index contributed by atoms with van der Waals surface area (Å²) in [4.78, 5) is 18.8. The van der Waals surface area contributed by atoms with Crippen molar-refractivity contribution in [3.63, 3.8) is 0 Å². The third-order valence-electron chi connectivity index (χ3n) is 8.31. The maximum atomic E-state index is 12.4. The summed E-state index contributed by atoms with van der Waals surface area (Å²) in [5.41, 5.74) is 8.38. The van der Waals surface area contributed by atoms with E-state index in [4.69, 9.17) is 21.1 Å². The molecule has 0 aliphatic heterocycles. The van der Waals surface area contributed by atoms with E-state index >= 15 is 0 Å². The van der Waals surface area contributed by atoms with Gasteiger partial charge in [-0.15, -0.1) is 10.8 Å². The molecule has 6 rings (SSSR count). The number of carboxylic acid groups (broad SMARTS) is 2. The number of nitrogens with one attached hydrogen (secondary N) is 1. The minimum Gasteiger partial charge on any atom is -0.872 e. The number of anilines is 1. The second-order valence-corrected chi connectivity index (χ2v) is 18.1. The van der Waals surface area contributed by atoms with Crippen molar-refractivity contribution < 1.29 is 286 Å². The number of carbonyl (C=O) groups is 2. The third-order valence-corrected chi connectivity index (χ3v) is 11.6. The largest absolute Gasteiger partial charge is 2.00 e. The SMILES string of the molecule is Nc1ccc2cc(S(=O)(=O)O)cc([O-])c2c1N=Nc1cc(S(=O)(=O)O)cc(C(=O)O)c1[O-].[NH-]c1ccc2cc(S(=O)(=O)[O-])cc([O-])c2c1N=Nc1cc(S(=O)(=O)[O-])cc(C(=O)[O-])c1[O-].[Na+].[Na+].[Na+].[Na+].[Na+].[Na+].[Ni+2]. The Morgan fingerprint density at radius 3 is 1.35 bits per heavy atom. The molecule has 0 saturated heterocycles. The first-order chi connectivity index (χ1) is 29.4. The number of nitrogens with zero attached hydrogens (tertiary/aromatic N) is 4. The summed E-state index contributed by atoms with van der Waals surface area (Å²) in [5, 5.41) is 82.9. The molecule has 0 unspecified atom stereocenters. The molecular formula is C34H18N6Na6NiO20S4. The molecule has 0 radical (unpaired) electrons. The summed E-state index contributed by atoms with van der Waals surface area (Å²) < 4.78 is 131. The fourth-order valence-corrected chi connectivity index (χ4v) is 7.52. The molecule has 6 N–H and O–H groups in total. The number of hydrogen-bond donors (Lipinski definition) is 4. The van der Waals surface area contributed by atoms with Gasteiger partial charge in [-0.2, -0.15) is 32.2 Å². The van der Waals surface area contributed by atoms with Crippen LogP contribution in [0.5, 0.6) is 23.0 Å². The molecule has 0 amide bonds. The predicted octanol–water partition coefficient (Wildman–Crippen LogP) is -16.5. The van der Waals surface area contributed by atoms with E-state index in [9.17, 15) is 82.5 Å². The van der Waals surface area contributed by atoms with Crippen molar-refractivity contribution in [3.8, 4) is 23.0 Å². The van der Waals surface area contributed by atoms with Gasteiger partial charge in [-0.05, 0) is 64.9 Å². The van der Waals surface area contributed by atoms with Crippen LogP contribution in [0.25, 0.3) is 27.3 Å². The van der Waals surface area contributed by atoms with E-state index in [1.807, 2.05) is 0 Å². The first-order valence-electron chi connectivity index (χ1n) is 16.3. The fraction of sp³-hybridized carbons (Fsp3) is 0. The monoisotopic (exact) mass is 1150 g/mol. The van der Waals surface area contributed by atoms with Crippen LogP contribution in [0.1, 0.15) is 20.7 Å². The topological polar surface area (TPSA) is 492 Å². The second kappa shape index (κ2) is 28.9.